The Morgan fingerprint density at radius 1 is 1.38 bits per heavy atom. The predicted molar refractivity (Wildman–Crippen MR) is 102 cm³/mol. The normalized spacial score (nSPS) is 29.9. The lowest BCUT2D eigenvalue weighted by molar-refractivity contribution is 0.00310. The summed E-state index contributed by atoms with van der Waals surface area (Å²) in [4.78, 5) is 27.3. The molecule has 0 aromatic carbocycles. The zero-order valence-electron chi connectivity index (χ0n) is 16.6. The number of likely N-dealkylation sites (tertiary alicyclic amines) is 1. The van der Waals surface area contributed by atoms with Gasteiger partial charge in [0.2, 0.25) is 0 Å². The standard InChI is InChI=1S/C21H24N4O4/c1-12-8-14(13(2)28-12)19(26)22-9-15-16-10-25(11-21(16)6-5-18(15)29-21)20(27)17-4-3-7-23-24-17/h3-4,7-8,15-16,18H,5-6,9-11H2,1-2H3,(H,22,26)/t15-,16+,18+,21+/m0/s1. The van der Waals surface area contributed by atoms with Gasteiger partial charge in [0.25, 0.3) is 11.8 Å². The molecule has 2 aromatic heterocycles. The summed E-state index contributed by atoms with van der Waals surface area (Å²) in [6.07, 6.45) is 3.62. The lowest BCUT2D eigenvalue weighted by atomic mass is 9.73. The Labute approximate surface area is 168 Å². The first-order valence-corrected chi connectivity index (χ1v) is 10.1. The van der Waals surface area contributed by atoms with Crippen LogP contribution in [0.1, 0.15) is 45.2 Å². The van der Waals surface area contributed by atoms with Crippen molar-refractivity contribution >= 4 is 11.8 Å². The van der Waals surface area contributed by atoms with Crippen LogP contribution < -0.4 is 5.32 Å². The van der Waals surface area contributed by atoms with Crippen molar-refractivity contribution in [2.45, 2.75) is 38.4 Å². The Morgan fingerprint density at radius 3 is 2.97 bits per heavy atom. The number of hydrogen-bond donors (Lipinski definition) is 1. The average Bonchev–Trinajstić information content (AvgIpc) is 3.45. The second-order valence-electron chi connectivity index (χ2n) is 8.36. The second-order valence-corrected chi connectivity index (χ2v) is 8.36. The molecule has 29 heavy (non-hydrogen) atoms. The molecule has 0 radical (unpaired) electrons. The number of furan rings is 1. The lowest BCUT2D eigenvalue weighted by Gasteiger charge is -2.29. The molecule has 152 valence electrons. The van der Waals surface area contributed by atoms with E-state index in [0.717, 1.165) is 18.6 Å². The van der Waals surface area contributed by atoms with Crippen molar-refractivity contribution in [2.75, 3.05) is 19.6 Å². The molecule has 0 saturated carbocycles. The third-order valence-corrected chi connectivity index (χ3v) is 6.65. The molecule has 0 aliphatic carbocycles. The number of carbonyl (C=O) groups excluding carboxylic acids is 2. The van der Waals surface area contributed by atoms with Crippen molar-refractivity contribution in [3.63, 3.8) is 0 Å². The molecule has 3 saturated heterocycles. The van der Waals surface area contributed by atoms with Gasteiger partial charge in [-0.1, -0.05) is 0 Å². The van der Waals surface area contributed by atoms with E-state index in [9.17, 15) is 9.59 Å². The summed E-state index contributed by atoms with van der Waals surface area (Å²) in [5.41, 5.74) is 0.640. The second kappa shape index (κ2) is 6.66. The lowest BCUT2D eigenvalue weighted by Crippen LogP contribution is -2.41. The topological polar surface area (TPSA) is 97.6 Å². The maximum atomic E-state index is 12.8. The molecular formula is C21H24N4O4. The van der Waals surface area contributed by atoms with Crippen molar-refractivity contribution in [2.24, 2.45) is 11.8 Å². The van der Waals surface area contributed by atoms with Crippen LogP contribution in [0.15, 0.2) is 28.8 Å². The number of carbonyl (C=O) groups is 2. The summed E-state index contributed by atoms with van der Waals surface area (Å²) in [5, 5.41) is 10.8. The average molecular weight is 396 g/mol. The summed E-state index contributed by atoms with van der Waals surface area (Å²) in [6, 6.07) is 5.17. The highest BCUT2D eigenvalue weighted by atomic mass is 16.5. The van der Waals surface area contributed by atoms with Gasteiger partial charge in [0, 0.05) is 31.1 Å². The number of rotatable bonds is 4. The van der Waals surface area contributed by atoms with Gasteiger partial charge in [-0.3, -0.25) is 9.59 Å². The van der Waals surface area contributed by atoms with Gasteiger partial charge in [0.15, 0.2) is 5.69 Å². The van der Waals surface area contributed by atoms with Crippen LogP contribution in [0.2, 0.25) is 0 Å². The molecule has 2 amide bonds. The van der Waals surface area contributed by atoms with Crippen LogP contribution in [-0.4, -0.2) is 58.3 Å². The fraction of sp³-hybridized carbons (Fsp3) is 0.524. The molecule has 8 heteroatoms. The molecule has 1 N–H and O–H groups in total. The molecule has 4 atom stereocenters. The van der Waals surface area contributed by atoms with Crippen molar-refractivity contribution < 1.29 is 18.7 Å². The van der Waals surface area contributed by atoms with E-state index in [0.29, 0.717) is 36.7 Å². The molecule has 3 aliphatic rings. The van der Waals surface area contributed by atoms with Crippen LogP contribution in [0.3, 0.4) is 0 Å². The molecule has 5 rings (SSSR count). The fourth-order valence-electron chi connectivity index (χ4n) is 5.36. The zero-order chi connectivity index (χ0) is 20.2. The van der Waals surface area contributed by atoms with E-state index < -0.39 is 0 Å². The number of fused-ring (bicyclic) bond motifs is 1. The molecule has 0 unspecified atom stereocenters. The third kappa shape index (κ3) is 2.93. The van der Waals surface area contributed by atoms with E-state index in [-0.39, 0.29) is 35.4 Å². The number of hydrogen-bond acceptors (Lipinski definition) is 6. The number of nitrogens with zero attached hydrogens (tertiary/aromatic N) is 3. The van der Waals surface area contributed by atoms with Gasteiger partial charge in [-0.15, -0.1) is 5.10 Å². The first-order valence-electron chi connectivity index (χ1n) is 10.1. The van der Waals surface area contributed by atoms with Gasteiger partial charge in [-0.25, -0.2) is 0 Å². The molecule has 3 fully saturated rings. The van der Waals surface area contributed by atoms with E-state index in [1.807, 2.05) is 11.8 Å². The van der Waals surface area contributed by atoms with Gasteiger partial charge < -0.3 is 19.4 Å². The molecule has 3 aliphatic heterocycles. The quantitative estimate of drug-likeness (QED) is 0.845. The number of amides is 2. The van der Waals surface area contributed by atoms with Gasteiger partial charge in [0.1, 0.15) is 11.5 Å². The summed E-state index contributed by atoms with van der Waals surface area (Å²) >= 11 is 0. The van der Waals surface area contributed by atoms with E-state index in [4.69, 9.17) is 9.15 Å². The minimum atomic E-state index is -0.292. The highest BCUT2D eigenvalue weighted by Crippen LogP contribution is 2.54. The number of ether oxygens (including phenoxy) is 1. The van der Waals surface area contributed by atoms with Crippen LogP contribution in [0.4, 0.5) is 0 Å². The molecule has 5 heterocycles. The van der Waals surface area contributed by atoms with Gasteiger partial charge in [0.05, 0.1) is 23.8 Å². The smallest absolute Gasteiger partial charge is 0.274 e. The number of aromatic nitrogens is 2. The van der Waals surface area contributed by atoms with Crippen molar-refractivity contribution in [1.82, 2.24) is 20.4 Å². The Morgan fingerprint density at radius 2 is 2.24 bits per heavy atom. The SMILES string of the molecule is Cc1cc(C(=O)NC[C@H]2[C@H]3CN(C(=O)c4cccnn4)C[C@]34CC[C@H]2O4)c(C)o1. The van der Waals surface area contributed by atoms with Crippen LogP contribution in [0, 0.1) is 25.7 Å². The van der Waals surface area contributed by atoms with Crippen molar-refractivity contribution in [1.29, 1.82) is 0 Å². The van der Waals surface area contributed by atoms with Crippen LogP contribution in [0.5, 0.6) is 0 Å². The highest BCUT2D eigenvalue weighted by molar-refractivity contribution is 5.95. The monoisotopic (exact) mass is 396 g/mol. The molecule has 2 bridgehead atoms. The first-order chi connectivity index (χ1) is 14.0. The Hall–Kier alpha value is -2.74. The third-order valence-electron chi connectivity index (χ3n) is 6.65. The van der Waals surface area contributed by atoms with Crippen molar-refractivity contribution in [3.05, 3.63) is 47.2 Å². The minimum Gasteiger partial charge on any atom is -0.466 e. The van der Waals surface area contributed by atoms with Crippen LogP contribution in [0.25, 0.3) is 0 Å². The molecule has 8 nitrogen and oxygen atoms in total. The summed E-state index contributed by atoms with van der Waals surface area (Å²) in [6.45, 7) is 5.36. The maximum Gasteiger partial charge on any atom is 0.274 e. The van der Waals surface area contributed by atoms with Crippen molar-refractivity contribution in [3.8, 4) is 0 Å². The van der Waals surface area contributed by atoms with Gasteiger partial charge in [-0.2, -0.15) is 5.10 Å². The summed E-state index contributed by atoms with van der Waals surface area (Å²) in [7, 11) is 0. The maximum absolute atomic E-state index is 12.8. The van der Waals surface area contributed by atoms with Crippen LogP contribution >= 0.6 is 0 Å². The largest absolute Gasteiger partial charge is 0.466 e. The predicted octanol–water partition coefficient (Wildman–Crippen LogP) is 1.74. The molecule has 1 spiro atoms. The summed E-state index contributed by atoms with van der Waals surface area (Å²) < 4.78 is 11.8. The Bertz CT molecular complexity index is 959. The molecule has 2 aromatic rings. The van der Waals surface area contributed by atoms with E-state index in [2.05, 4.69) is 15.5 Å². The number of aryl methyl sites for hydroxylation is 2. The number of nitrogens with one attached hydrogen (secondary N) is 1. The Kier molecular flexibility index (Phi) is 4.20. The Balaban J connectivity index is 1.29. The zero-order valence-corrected chi connectivity index (χ0v) is 16.6. The first kappa shape index (κ1) is 18.3. The highest BCUT2D eigenvalue weighted by Gasteiger charge is 2.63. The van der Waals surface area contributed by atoms with E-state index in [1.54, 1.807) is 31.3 Å². The van der Waals surface area contributed by atoms with Crippen LogP contribution in [-0.2, 0) is 4.74 Å². The van der Waals surface area contributed by atoms with E-state index in [1.165, 1.54) is 0 Å². The van der Waals surface area contributed by atoms with E-state index >= 15 is 0 Å². The molecular weight excluding hydrogens is 372 g/mol. The summed E-state index contributed by atoms with van der Waals surface area (Å²) in [5.74, 6) is 1.53. The van der Waals surface area contributed by atoms with Gasteiger partial charge in [-0.05, 0) is 44.9 Å². The minimum absolute atomic E-state index is 0.110. The fourth-order valence-corrected chi connectivity index (χ4v) is 5.36. The van der Waals surface area contributed by atoms with Gasteiger partial charge >= 0.3 is 0 Å².